The molecule has 0 aliphatic rings. The Morgan fingerprint density at radius 2 is 2.23 bits per heavy atom. The van der Waals surface area contributed by atoms with Crippen LogP contribution in [0.1, 0.15) is 25.1 Å². The Kier molecular flexibility index (Phi) is 2.86. The topological polar surface area (TPSA) is 45.9 Å². The van der Waals surface area contributed by atoms with Gasteiger partial charge in [-0.3, -0.25) is 4.98 Å². The summed E-state index contributed by atoms with van der Waals surface area (Å²) in [6, 6.07) is 3.74. The van der Waals surface area contributed by atoms with Gasteiger partial charge >= 0.3 is 0 Å². The monoisotopic (exact) mass is 176 g/mol. The van der Waals surface area contributed by atoms with E-state index in [1.165, 1.54) is 0 Å². The molecule has 1 aromatic rings. The molecular weight excluding hydrogens is 164 g/mol. The van der Waals surface area contributed by atoms with E-state index in [9.17, 15) is 0 Å². The van der Waals surface area contributed by atoms with Crippen molar-refractivity contribution >= 4 is 0 Å². The van der Waals surface area contributed by atoms with Crippen molar-refractivity contribution < 1.29 is 4.74 Å². The molecular formula is C10H12N2O. The van der Waals surface area contributed by atoms with Crippen LogP contribution >= 0.6 is 0 Å². The van der Waals surface area contributed by atoms with Gasteiger partial charge in [0.15, 0.2) is 0 Å². The van der Waals surface area contributed by atoms with Gasteiger partial charge in [-0.2, -0.15) is 5.26 Å². The van der Waals surface area contributed by atoms with E-state index < -0.39 is 0 Å². The lowest BCUT2D eigenvalue weighted by atomic mass is 10.2. The standard InChI is InChI=1S/C10H12N2O/c1-7(2)13-10-4-9(5-11)6-12-8(10)3/h4,6-7H,1-3H3. The second kappa shape index (κ2) is 3.90. The Labute approximate surface area is 78.0 Å². The number of hydrogen-bond donors (Lipinski definition) is 0. The molecule has 0 saturated carbocycles. The number of aryl methyl sites for hydroxylation is 1. The van der Waals surface area contributed by atoms with Crippen LogP contribution in [-0.4, -0.2) is 11.1 Å². The van der Waals surface area contributed by atoms with E-state index in [1.807, 2.05) is 26.8 Å². The molecule has 1 rings (SSSR count). The molecule has 0 bridgehead atoms. The molecule has 0 unspecified atom stereocenters. The van der Waals surface area contributed by atoms with Crippen molar-refractivity contribution in [3.05, 3.63) is 23.5 Å². The van der Waals surface area contributed by atoms with Crippen molar-refractivity contribution in [2.45, 2.75) is 26.9 Å². The third-order valence-corrected chi connectivity index (χ3v) is 1.53. The van der Waals surface area contributed by atoms with Crippen LogP contribution in [0, 0.1) is 18.3 Å². The van der Waals surface area contributed by atoms with E-state index in [-0.39, 0.29) is 6.10 Å². The molecule has 0 radical (unpaired) electrons. The Morgan fingerprint density at radius 1 is 1.54 bits per heavy atom. The lowest BCUT2D eigenvalue weighted by molar-refractivity contribution is 0.239. The van der Waals surface area contributed by atoms with Crippen molar-refractivity contribution in [2.24, 2.45) is 0 Å². The molecule has 0 amide bonds. The first-order chi connectivity index (χ1) is 6.13. The molecule has 3 heteroatoms. The van der Waals surface area contributed by atoms with Crippen LogP contribution in [-0.2, 0) is 0 Å². The summed E-state index contributed by atoms with van der Waals surface area (Å²) in [5, 5.41) is 8.64. The summed E-state index contributed by atoms with van der Waals surface area (Å²) in [7, 11) is 0. The van der Waals surface area contributed by atoms with E-state index in [1.54, 1.807) is 12.3 Å². The minimum absolute atomic E-state index is 0.106. The predicted octanol–water partition coefficient (Wildman–Crippen LogP) is 2.05. The summed E-state index contributed by atoms with van der Waals surface area (Å²) in [5.41, 5.74) is 1.34. The molecule has 0 aliphatic carbocycles. The van der Waals surface area contributed by atoms with Crippen LogP contribution < -0.4 is 4.74 Å². The number of rotatable bonds is 2. The molecule has 0 saturated heterocycles. The molecule has 0 atom stereocenters. The molecule has 0 fully saturated rings. The zero-order valence-corrected chi connectivity index (χ0v) is 8.03. The maximum absolute atomic E-state index is 8.64. The SMILES string of the molecule is Cc1ncc(C#N)cc1OC(C)C. The van der Waals surface area contributed by atoms with Crippen LogP contribution in [0.3, 0.4) is 0 Å². The maximum Gasteiger partial charge on any atom is 0.142 e. The summed E-state index contributed by atoms with van der Waals surface area (Å²) in [6.07, 6.45) is 1.65. The molecule has 1 heterocycles. The number of pyridine rings is 1. The Morgan fingerprint density at radius 3 is 2.77 bits per heavy atom. The fourth-order valence-electron chi connectivity index (χ4n) is 0.947. The van der Waals surface area contributed by atoms with Crippen LogP contribution in [0.25, 0.3) is 0 Å². The van der Waals surface area contributed by atoms with Gasteiger partial charge in [0.2, 0.25) is 0 Å². The molecule has 0 spiro atoms. The van der Waals surface area contributed by atoms with Crippen molar-refractivity contribution in [3.63, 3.8) is 0 Å². The first-order valence-electron chi connectivity index (χ1n) is 4.17. The fraction of sp³-hybridized carbons (Fsp3) is 0.400. The third-order valence-electron chi connectivity index (χ3n) is 1.53. The molecule has 1 aromatic heterocycles. The lowest BCUT2D eigenvalue weighted by Gasteiger charge is -2.11. The van der Waals surface area contributed by atoms with Crippen molar-refractivity contribution in [2.75, 3.05) is 0 Å². The number of nitriles is 1. The van der Waals surface area contributed by atoms with Crippen molar-refractivity contribution in [3.8, 4) is 11.8 Å². The third kappa shape index (κ3) is 2.45. The predicted molar refractivity (Wildman–Crippen MR) is 49.5 cm³/mol. The number of hydrogen-bond acceptors (Lipinski definition) is 3. The highest BCUT2D eigenvalue weighted by Crippen LogP contribution is 2.17. The maximum atomic E-state index is 8.64. The lowest BCUT2D eigenvalue weighted by Crippen LogP contribution is -2.07. The smallest absolute Gasteiger partial charge is 0.142 e. The van der Waals surface area contributed by atoms with Gasteiger partial charge < -0.3 is 4.74 Å². The quantitative estimate of drug-likeness (QED) is 0.692. The van der Waals surface area contributed by atoms with Gasteiger partial charge in [0.05, 0.1) is 17.4 Å². The molecule has 0 aliphatic heterocycles. The Balaban J connectivity index is 2.99. The molecule has 0 aromatic carbocycles. The largest absolute Gasteiger partial charge is 0.489 e. The minimum atomic E-state index is 0.106. The van der Waals surface area contributed by atoms with Crippen LogP contribution in [0.4, 0.5) is 0 Å². The van der Waals surface area contributed by atoms with Gasteiger partial charge in [0, 0.05) is 12.3 Å². The average Bonchev–Trinajstić information content (AvgIpc) is 2.08. The summed E-state index contributed by atoms with van der Waals surface area (Å²) in [4.78, 5) is 4.06. The first-order valence-corrected chi connectivity index (χ1v) is 4.17. The van der Waals surface area contributed by atoms with Gasteiger partial charge in [0.1, 0.15) is 11.8 Å². The van der Waals surface area contributed by atoms with Crippen molar-refractivity contribution in [1.29, 1.82) is 5.26 Å². The van der Waals surface area contributed by atoms with Crippen molar-refractivity contribution in [1.82, 2.24) is 4.98 Å². The fourth-order valence-corrected chi connectivity index (χ4v) is 0.947. The summed E-state index contributed by atoms with van der Waals surface area (Å²) >= 11 is 0. The molecule has 68 valence electrons. The summed E-state index contributed by atoms with van der Waals surface area (Å²) in [6.45, 7) is 5.75. The Hall–Kier alpha value is -1.56. The zero-order chi connectivity index (χ0) is 9.84. The highest BCUT2D eigenvalue weighted by atomic mass is 16.5. The molecule has 0 N–H and O–H groups in total. The average molecular weight is 176 g/mol. The van der Waals surface area contributed by atoms with E-state index in [2.05, 4.69) is 4.98 Å². The number of aromatic nitrogens is 1. The van der Waals surface area contributed by atoms with E-state index in [0.717, 1.165) is 5.69 Å². The number of ether oxygens (including phenoxy) is 1. The van der Waals surface area contributed by atoms with E-state index in [0.29, 0.717) is 11.3 Å². The Bertz CT molecular complexity index is 339. The normalized spacial score (nSPS) is 9.77. The highest BCUT2D eigenvalue weighted by molar-refractivity contribution is 5.36. The second-order valence-corrected chi connectivity index (χ2v) is 3.09. The van der Waals surface area contributed by atoms with Gasteiger partial charge in [-0.15, -0.1) is 0 Å². The zero-order valence-electron chi connectivity index (χ0n) is 8.03. The first kappa shape index (κ1) is 9.53. The second-order valence-electron chi connectivity index (χ2n) is 3.09. The van der Waals surface area contributed by atoms with Gasteiger partial charge in [-0.1, -0.05) is 0 Å². The molecule has 3 nitrogen and oxygen atoms in total. The summed E-state index contributed by atoms with van der Waals surface area (Å²) < 4.78 is 5.47. The van der Waals surface area contributed by atoms with Gasteiger partial charge in [0.25, 0.3) is 0 Å². The minimum Gasteiger partial charge on any atom is -0.489 e. The van der Waals surface area contributed by atoms with Crippen LogP contribution in [0.5, 0.6) is 5.75 Å². The van der Waals surface area contributed by atoms with Gasteiger partial charge in [-0.25, -0.2) is 0 Å². The summed E-state index contributed by atoms with van der Waals surface area (Å²) in [5.74, 6) is 0.689. The van der Waals surface area contributed by atoms with Crippen LogP contribution in [0.15, 0.2) is 12.3 Å². The molecule has 13 heavy (non-hydrogen) atoms. The number of nitrogens with zero attached hydrogens (tertiary/aromatic N) is 2. The van der Waals surface area contributed by atoms with Crippen LogP contribution in [0.2, 0.25) is 0 Å². The van der Waals surface area contributed by atoms with Gasteiger partial charge in [-0.05, 0) is 20.8 Å². The van der Waals surface area contributed by atoms with E-state index in [4.69, 9.17) is 10.00 Å². The van der Waals surface area contributed by atoms with E-state index >= 15 is 0 Å². The highest BCUT2D eigenvalue weighted by Gasteiger charge is 2.04.